The Morgan fingerprint density at radius 1 is 0.348 bits per heavy atom. The summed E-state index contributed by atoms with van der Waals surface area (Å²) in [4.78, 5) is 79.6. The molecule has 0 fully saturated rings. The molecule has 338 valence electrons. The van der Waals surface area contributed by atoms with E-state index in [0.717, 1.165) is 65.4 Å². The number of fused-ring (bicyclic) bond motifs is 9. The molecule has 22 heteroatoms. The molecular weight excluding hydrogens is 1070 g/mol. The van der Waals surface area contributed by atoms with Crippen molar-refractivity contribution in [1.82, 2.24) is 29.9 Å². The van der Waals surface area contributed by atoms with E-state index in [4.69, 9.17) is 64.5 Å². The fraction of sp³-hybridized carbons (Fsp3) is 0.0455. The Hall–Kier alpha value is -7.88. The number of aromatic nitrogens is 6. The maximum absolute atomic E-state index is 8.93. The van der Waals surface area contributed by atoms with E-state index in [2.05, 4.69) is 103 Å². The van der Waals surface area contributed by atoms with Gasteiger partial charge in [-0.2, -0.15) is 0 Å². The van der Waals surface area contributed by atoms with Crippen molar-refractivity contribution in [3.05, 3.63) is 146 Å². The normalized spacial score (nSPS) is 9.18. The number of carbonyl (C=O) groups is 6. The van der Waals surface area contributed by atoms with Crippen LogP contribution in [0.3, 0.4) is 0 Å². The molecule has 0 saturated carbocycles. The fourth-order valence-corrected chi connectivity index (χ4v) is 5.04. The van der Waals surface area contributed by atoms with Gasteiger partial charge in [0.15, 0.2) is 0 Å². The van der Waals surface area contributed by atoms with Gasteiger partial charge in [-0.25, -0.2) is 0 Å². The van der Waals surface area contributed by atoms with Crippen LogP contribution in [-0.4, -0.2) is 77.8 Å². The second-order valence-corrected chi connectivity index (χ2v) is 11.7. The molecule has 66 heavy (non-hydrogen) atoms. The molecule has 0 spiro atoms. The van der Waals surface area contributed by atoms with E-state index in [1.807, 2.05) is 36.4 Å². The van der Waals surface area contributed by atoms with Crippen LogP contribution in [0.5, 0.6) is 0 Å². The summed E-state index contributed by atoms with van der Waals surface area (Å²) in [5.74, 6) is -13.1. The number of carbonyl (C=O) groups excluding carboxylic acids is 6. The van der Waals surface area contributed by atoms with Crippen LogP contribution in [0.4, 0.5) is 0 Å². The third-order valence-corrected chi connectivity index (χ3v) is 7.53. The second-order valence-electron chi connectivity index (χ2n) is 11.7. The van der Waals surface area contributed by atoms with Crippen molar-refractivity contribution in [2.75, 3.05) is 6.61 Å². The van der Waals surface area contributed by atoms with Crippen LogP contribution in [0.2, 0.25) is 0 Å². The number of pyridine rings is 6. The zero-order valence-corrected chi connectivity index (χ0v) is 38.2. The predicted octanol–water partition coefficient (Wildman–Crippen LogP) is -3.66. The summed E-state index contributed by atoms with van der Waals surface area (Å²) in [6.07, 6.45) is 10.8. The molecule has 2 radical (unpaired) electrons. The predicted molar refractivity (Wildman–Crippen MR) is 215 cm³/mol. The molecule has 20 nitrogen and oxygen atoms in total. The molecule has 2 N–H and O–H groups in total. The second kappa shape index (κ2) is 30.2. The minimum Gasteiger partial charge on any atom is -0.855 e. The number of carboxylic acid groups (broad SMARTS) is 6. The zero-order chi connectivity index (χ0) is 46.3. The zero-order valence-electron chi connectivity index (χ0n) is 33.9. The molecule has 0 atom stereocenters. The van der Waals surface area contributed by atoms with E-state index in [-0.39, 0.29) is 51.5 Å². The molecule has 0 aliphatic carbocycles. The number of carboxylic acids is 6. The first-order valence-electron chi connectivity index (χ1n) is 17.8. The Morgan fingerprint density at radius 2 is 0.470 bits per heavy atom. The summed E-state index contributed by atoms with van der Waals surface area (Å²) in [5.41, 5.74) is 5.86. The molecule has 0 unspecified atom stereocenters. The van der Waals surface area contributed by atoms with Crippen molar-refractivity contribution in [3.63, 3.8) is 0 Å². The van der Waals surface area contributed by atoms with Crippen LogP contribution in [0.15, 0.2) is 146 Å². The van der Waals surface area contributed by atoms with Crippen LogP contribution in [0, 0.1) is 0 Å². The molecule has 3 aromatic carbocycles. The van der Waals surface area contributed by atoms with Crippen molar-refractivity contribution in [2.24, 2.45) is 0 Å². The molecule has 9 rings (SSSR count). The summed E-state index contributed by atoms with van der Waals surface area (Å²) < 4.78 is 0. The van der Waals surface area contributed by atoms with Crippen LogP contribution in [-0.2, 0) is 68.2 Å². The number of hydrogen-bond donors (Lipinski definition) is 0. The van der Waals surface area contributed by atoms with Crippen LogP contribution in [0.25, 0.3) is 65.4 Å². The first-order chi connectivity index (χ1) is 30.2. The van der Waals surface area contributed by atoms with Gasteiger partial charge < -0.3 is 70.0 Å². The van der Waals surface area contributed by atoms with Gasteiger partial charge in [0.1, 0.15) is 0 Å². The molecule has 0 amide bonds. The summed E-state index contributed by atoms with van der Waals surface area (Å²) in [6.45, 7) is 1.57. The monoisotopic (exact) mass is 1100 g/mol. The molecule has 9 aromatic rings. The van der Waals surface area contributed by atoms with E-state index < -0.39 is 35.8 Å². The maximum Gasteiger partial charge on any atom is 3.00 e. The fourth-order valence-electron chi connectivity index (χ4n) is 5.04. The Bertz CT molecular complexity index is 2520. The standard InChI is InChI=1S/3C12H8N2.3C2H2O4.C2H5O.Fe.H2O.Ta/c3*1-3-9-5-6-10-4-2-8-14-12(10)11(9)13-7-1;3*3-1(4)2(5)6;1-2-3;;;/h3*1-8H;3*(H,3,4)(H,5,6);2H2,1H3;;1H2;/q;;;;;;-1;+3;;/p-6. The van der Waals surface area contributed by atoms with Gasteiger partial charge in [0.2, 0.25) is 0 Å². The third-order valence-electron chi connectivity index (χ3n) is 7.53. The van der Waals surface area contributed by atoms with Gasteiger partial charge in [-0.05, 0) is 36.4 Å². The third kappa shape index (κ3) is 18.1. The summed E-state index contributed by atoms with van der Waals surface area (Å²) in [7, 11) is 0. The van der Waals surface area contributed by atoms with Crippen LogP contribution in [0.1, 0.15) is 6.92 Å². The first kappa shape index (κ1) is 58.1. The number of rotatable bonds is 0. The van der Waals surface area contributed by atoms with Gasteiger partial charge in [-0.1, -0.05) is 79.7 Å². The van der Waals surface area contributed by atoms with Gasteiger partial charge in [-0.3, -0.25) is 29.9 Å². The molecule has 6 aromatic heterocycles. The van der Waals surface area contributed by atoms with Crippen molar-refractivity contribution >= 4 is 101 Å². The van der Waals surface area contributed by atoms with Gasteiger partial charge in [-0.15, -0.1) is 6.61 Å². The van der Waals surface area contributed by atoms with Crippen molar-refractivity contribution in [1.29, 1.82) is 0 Å². The SMILES string of the molecule is CC[O-].O.O=C([O-])C(=O)[O-].O=C([O-])C(=O)[O-].O=C([O-])C(=O)[O-].[Fe+3].[Ta].c1cnc2c(c1)ccc1cccnc12.c1cnc2c(c1)ccc1cccnc12.c1cnc2c(c1)ccc1cccnc12. The Balaban J connectivity index is 0.000000783. The smallest absolute Gasteiger partial charge is 0.855 e. The molecule has 0 saturated heterocycles. The molecule has 0 aliphatic heterocycles. The summed E-state index contributed by atoms with van der Waals surface area (Å²) in [6, 6.07) is 36.4. The quantitative estimate of drug-likeness (QED) is 0.0802. The van der Waals surface area contributed by atoms with Gasteiger partial charge in [0.05, 0.1) is 68.9 Å². The van der Waals surface area contributed by atoms with Crippen LogP contribution < -0.4 is 35.7 Å². The van der Waals surface area contributed by atoms with E-state index in [9.17, 15) is 0 Å². The Morgan fingerprint density at radius 3 is 0.576 bits per heavy atom. The Kier molecular flexibility index (Phi) is 26.6. The summed E-state index contributed by atoms with van der Waals surface area (Å²) >= 11 is 0. The topological polar surface area (TPSA) is 373 Å². The molecular formula is C44H31FeN6O14Ta-4. The minimum atomic E-state index is -2.19. The van der Waals surface area contributed by atoms with Crippen molar-refractivity contribution in [3.8, 4) is 0 Å². The van der Waals surface area contributed by atoms with Crippen LogP contribution >= 0.6 is 0 Å². The number of nitrogens with zero attached hydrogens (tertiary/aromatic N) is 6. The average Bonchev–Trinajstić information content (AvgIpc) is 3.30. The van der Waals surface area contributed by atoms with Crippen molar-refractivity contribution < 1.29 is 109 Å². The van der Waals surface area contributed by atoms with E-state index in [1.54, 1.807) is 44.1 Å². The maximum atomic E-state index is 8.93. The molecule has 6 heterocycles. The average molecular weight is 1100 g/mol. The molecule has 0 bridgehead atoms. The Labute approximate surface area is 398 Å². The van der Waals surface area contributed by atoms with Gasteiger partial charge in [0.25, 0.3) is 0 Å². The largest absolute Gasteiger partial charge is 3.00 e. The number of hydrogen-bond acceptors (Lipinski definition) is 19. The van der Waals surface area contributed by atoms with E-state index in [0.29, 0.717) is 0 Å². The van der Waals surface area contributed by atoms with E-state index >= 15 is 0 Å². The van der Waals surface area contributed by atoms with E-state index in [1.165, 1.54) is 0 Å². The first-order valence-corrected chi connectivity index (χ1v) is 17.8. The number of benzene rings is 3. The summed E-state index contributed by atoms with van der Waals surface area (Å²) in [5, 5.41) is 69.3. The number of aliphatic carboxylic acids is 6. The van der Waals surface area contributed by atoms with Crippen molar-refractivity contribution in [2.45, 2.75) is 6.92 Å². The molecule has 0 aliphatic rings. The van der Waals surface area contributed by atoms with Gasteiger partial charge >= 0.3 is 17.1 Å². The van der Waals surface area contributed by atoms with Gasteiger partial charge in [0, 0.05) is 91.9 Å². The minimum absolute atomic E-state index is 0.